The van der Waals surface area contributed by atoms with Crippen molar-refractivity contribution in [3.05, 3.63) is 35.9 Å². The maximum atomic E-state index is 10.9. The molecule has 1 aromatic rings. The van der Waals surface area contributed by atoms with Crippen molar-refractivity contribution in [1.29, 1.82) is 0 Å². The van der Waals surface area contributed by atoms with Crippen molar-refractivity contribution < 1.29 is 19.7 Å². The van der Waals surface area contributed by atoms with Crippen LogP contribution >= 0.6 is 0 Å². The number of carbonyl (C=O) groups excluding carboxylic acids is 1. The van der Waals surface area contributed by atoms with Gasteiger partial charge in [0.25, 0.3) is 0 Å². The van der Waals surface area contributed by atoms with Crippen LogP contribution in [0.5, 0.6) is 0 Å². The van der Waals surface area contributed by atoms with Crippen LogP contribution in [-0.4, -0.2) is 28.9 Å². The normalized spacial score (nSPS) is 31.6. The second-order valence-corrected chi connectivity index (χ2v) is 3.30. The SMILES string of the molecule is O=C1OC[C@@](O)(c2ccccc2)[C@@H]1O. The molecule has 0 aliphatic carbocycles. The molecule has 2 rings (SSSR count). The zero-order chi connectivity index (χ0) is 10.2. The Morgan fingerprint density at radius 1 is 1.36 bits per heavy atom. The lowest BCUT2D eigenvalue weighted by Gasteiger charge is -2.22. The van der Waals surface area contributed by atoms with Gasteiger partial charge in [-0.1, -0.05) is 30.3 Å². The van der Waals surface area contributed by atoms with Crippen LogP contribution in [0.1, 0.15) is 5.56 Å². The van der Waals surface area contributed by atoms with Gasteiger partial charge in [0, 0.05) is 0 Å². The van der Waals surface area contributed by atoms with Gasteiger partial charge in [-0.2, -0.15) is 0 Å². The van der Waals surface area contributed by atoms with Crippen molar-refractivity contribution in [2.24, 2.45) is 0 Å². The van der Waals surface area contributed by atoms with Crippen molar-refractivity contribution in [2.75, 3.05) is 6.61 Å². The summed E-state index contributed by atoms with van der Waals surface area (Å²) >= 11 is 0. The summed E-state index contributed by atoms with van der Waals surface area (Å²) in [6, 6.07) is 8.53. The van der Waals surface area contributed by atoms with E-state index in [9.17, 15) is 15.0 Å². The van der Waals surface area contributed by atoms with E-state index in [4.69, 9.17) is 0 Å². The van der Waals surface area contributed by atoms with Crippen LogP contribution in [0.3, 0.4) is 0 Å². The Morgan fingerprint density at radius 3 is 2.50 bits per heavy atom. The standard InChI is InChI=1S/C10H10O4/c11-8-9(12)14-6-10(8,13)7-4-2-1-3-5-7/h1-5,8,11,13H,6H2/t8-,10-/m1/s1. The number of benzene rings is 1. The first-order valence-electron chi connectivity index (χ1n) is 4.27. The minimum Gasteiger partial charge on any atom is -0.460 e. The zero-order valence-electron chi connectivity index (χ0n) is 7.38. The zero-order valence-corrected chi connectivity index (χ0v) is 7.38. The monoisotopic (exact) mass is 194 g/mol. The Bertz CT molecular complexity index is 348. The molecule has 4 heteroatoms. The fraction of sp³-hybridized carbons (Fsp3) is 0.300. The lowest BCUT2D eigenvalue weighted by atomic mass is 9.91. The number of hydrogen-bond donors (Lipinski definition) is 2. The maximum Gasteiger partial charge on any atom is 0.338 e. The van der Waals surface area contributed by atoms with Gasteiger partial charge in [-0.3, -0.25) is 0 Å². The van der Waals surface area contributed by atoms with Gasteiger partial charge in [-0.15, -0.1) is 0 Å². The van der Waals surface area contributed by atoms with Gasteiger partial charge >= 0.3 is 5.97 Å². The van der Waals surface area contributed by atoms with Gasteiger partial charge in [0.1, 0.15) is 6.61 Å². The molecule has 2 atom stereocenters. The molecule has 0 aromatic heterocycles. The van der Waals surface area contributed by atoms with Crippen LogP contribution in [0, 0.1) is 0 Å². The third-order valence-electron chi connectivity index (χ3n) is 2.38. The molecule has 2 N–H and O–H groups in total. The number of ether oxygens (including phenoxy) is 1. The quantitative estimate of drug-likeness (QED) is 0.607. The van der Waals surface area contributed by atoms with E-state index in [0.717, 1.165) is 0 Å². The van der Waals surface area contributed by atoms with Crippen LogP contribution < -0.4 is 0 Å². The molecule has 0 radical (unpaired) electrons. The summed E-state index contributed by atoms with van der Waals surface area (Å²) in [7, 11) is 0. The van der Waals surface area contributed by atoms with E-state index in [1.54, 1.807) is 30.3 Å². The van der Waals surface area contributed by atoms with E-state index in [-0.39, 0.29) is 6.61 Å². The highest BCUT2D eigenvalue weighted by molar-refractivity contribution is 5.78. The lowest BCUT2D eigenvalue weighted by Crippen LogP contribution is -2.39. The molecule has 1 heterocycles. The summed E-state index contributed by atoms with van der Waals surface area (Å²) in [6.45, 7) is -0.197. The van der Waals surface area contributed by atoms with Gasteiger partial charge in [0.2, 0.25) is 0 Å². The molecule has 0 bridgehead atoms. The third kappa shape index (κ3) is 1.20. The first kappa shape index (κ1) is 9.18. The van der Waals surface area contributed by atoms with Crippen molar-refractivity contribution in [1.82, 2.24) is 0 Å². The Balaban J connectivity index is 2.39. The molecule has 1 aliphatic heterocycles. The second-order valence-electron chi connectivity index (χ2n) is 3.30. The van der Waals surface area contributed by atoms with Gasteiger partial charge in [0.15, 0.2) is 11.7 Å². The number of cyclic esters (lactones) is 1. The largest absolute Gasteiger partial charge is 0.460 e. The van der Waals surface area contributed by atoms with E-state index in [1.807, 2.05) is 0 Å². The highest BCUT2D eigenvalue weighted by atomic mass is 16.6. The van der Waals surface area contributed by atoms with Crippen LogP contribution in [0.15, 0.2) is 30.3 Å². The molecular weight excluding hydrogens is 184 g/mol. The minimum absolute atomic E-state index is 0.197. The molecule has 1 aromatic carbocycles. The average molecular weight is 194 g/mol. The molecular formula is C10H10O4. The number of carbonyl (C=O) groups is 1. The van der Waals surface area contributed by atoms with Crippen molar-refractivity contribution in [3.63, 3.8) is 0 Å². The number of rotatable bonds is 1. The molecule has 1 saturated heterocycles. The summed E-state index contributed by atoms with van der Waals surface area (Å²) in [5.41, 5.74) is -1.11. The van der Waals surface area contributed by atoms with Gasteiger partial charge in [-0.05, 0) is 5.56 Å². The summed E-state index contributed by atoms with van der Waals surface area (Å²) < 4.78 is 4.60. The summed E-state index contributed by atoms with van der Waals surface area (Å²) in [5.74, 6) is -0.781. The molecule has 74 valence electrons. The lowest BCUT2D eigenvalue weighted by molar-refractivity contribution is -0.146. The van der Waals surface area contributed by atoms with E-state index < -0.39 is 17.7 Å². The van der Waals surface area contributed by atoms with E-state index in [2.05, 4.69) is 4.74 Å². The van der Waals surface area contributed by atoms with Gasteiger partial charge in [0.05, 0.1) is 0 Å². The predicted octanol–water partition coefficient (Wildman–Crippen LogP) is -0.208. The van der Waals surface area contributed by atoms with Gasteiger partial charge in [-0.25, -0.2) is 4.79 Å². The molecule has 1 aliphatic rings. The Morgan fingerprint density at radius 2 is 2.00 bits per heavy atom. The van der Waals surface area contributed by atoms with E-state index in [0.29, 0.717) is 5.56 Å². The van der Waals surface area contributed by atoms with Crippen molar-refractivity contribution in [2.45, 2.75) is 11.7 Å². The Kier molecular flexibility index (Phi) is 2.02. The first-order valence-corrected chi connectivity index (χ1v) is 4.27. The van der Waals surface area contributed by atoms with Crippen LogP contribution in [0.2, 0.25) is 0 Å². The van der Waals surface area contributed by atoms with Crippen LogP contribution in [0.4, 0.5) is 0 Å². The van der Waals surface area contributed by atoms with Crippen molar-refractivity contribution >= 4 is 5.97 Å². The van der Waals surface area contributed by atoms with E-state index >= 15 is 0 Å². The highest BCUT2D eigenvalue weighted by Crippen LogP contribution is 2.30. The first-order chi connectivity index (χ1) is 6.64. The number of aliphatic hydroxyl groups is 2. The third-order valence-corrected chi connectivity index (χ3v) is 2.38. The smallest absolute Gasteiger partial charge is 0.338 e. The molecule has 4 nitrogen and oxygen atoms in total. The Hall–Kier alpha value is -1.39. The molecule has 0 spiro atoms. The summed E-state index contributed by atoms with van der Waals surface area (Å²) in [4.78, 5) is 10.9. The minimum atomic E-state index is -1.60. The Labute approximate surface area is 80.7 Å². The molecule has 0 amide bonds. The maximum absolute atomic E-state index is 10.9. The highest BCUT2D eigenvalue weighted by Gasteiger charge is 2.49. The molecule has 1 fully saturated rings. The van der Waals surface area contributed by atoms with Gasteiger partial charge < -0.3 is 14.9 Å². The number of esters is 1. The number of hydrogen-bond acceptors (Lipinski definition) is 4. The molecule has 0 saturated carbocycles. The van der Waals surface area contributed by atoms with Crippen molar-refractivity contribution in [3.8, 4) is 0 Å². The van der Waals surface area contributed by atoms with Crippen LogP contribution in [0.25, 0.3) is 0 Å². The number of aliphatic hydroxyl groups excluding tert-OH is 1. The molecule has 14 heavy (non-hydrogen) atoms. The second kappa shape index (κ2) is 3.08. The summed E-state index contributed by atoms with van der Waals surface area (Å²) in [5, 5.41) is 19.5. The fourth-order valence-corrected chi connectivity index (χ4v) is 1.50. The van der Waals surface area contributed by atoms with Crippen LogP contribution in [-0.2, 0) is 15.1 Å². The fourth-order valence-electron chi connectivity index (χ4n) is 1.50. The average Bonchev–Trinajstić information content (AvgIpc) is 2.49. The predicted molar refractivity (Wildman–Crippen MR) is 47.3 cm³/mol. The summed E-state index contributed by atoms with van der Waals surface area (Å²) in [6.07, 6.45) is -1.50. The molecule has 0 unspecified atom stereocenters. The van der Waals surface area contributed by atoms with E-state index in [1.165, 1.54) is 0 Å². The topological polar surface area (TPSA) is 66.8 Å².